The Labute approximate surface area is 53.2 Å². The van der Waals surface area contributed by atoms with Crippen LogP contribution in [-0.4, -0.2) is 22.2 Å². The highest BCUT2D eigenvalue weighted by Gasteiger charge is 2.11. The topological polar surface area (TPSA) is 128 Å². The molecule has 58 valence electrons. The van der Waals surface area contributed by atoms with E-state index in [1.54, 1.807) is 0 Å². The van der Waals surface area contributed by atoms with Crippen molar-refractivity contribution in [2.75, 3.05) is 0 Å². The number of aliphatic carboxylic acids is 1. The number of carboxylic acids is 1. The second-order valence-corrected chi connectivity index (χ2v) is 1.85. The van der Waals surface area contributed by atoms with Crippen molar-refractivity contribution in [2.24, 2.45) is 0 Å². The van der Waals surface area contributed by atoms with Crippen LogP contribution in [0, 0.1) is 0 Å². The van der Waals surface area contributed by atoms with Gasteiger partial charge in [-0.2, -0.15) is 0 Å². The number of hydrogen-bond donors (Lipinski definition) is 2. The summed E-state index contributed by atoms with van der Waals surface area (Å²) in [6, 6.07) is 0. The Hall–Kier alpha value is -0.650. The van der Waals surface area contributed by atoms with Gasteiger partial charge in [-0.05, 0) is 13.8 Å². The monoisotopic (exact) mass is 139 g/mol. The van der Waals surface area contributed by atoms with Crippen LogP contribution in [0.5, 0.6) is 0 Å². The molecule has 5 nitrogen and oxygen atoms in total. The number of carbonyl (C=O) groups is 1. The van der Waals surface area contributed by atoms with Crippen LogP contribution in [0.3, 0.4) is 0 Å². The molecule has 0 atom stereocenters. The summed E-state index contributed by atoms with van der Waals surface area (Å²) in [5, 5.41) is 18.1. The summed E-state index contributed by atoms with van der Waals surface area (Å²) in [5.41, 5.74) is -1.69. The lowest BCUT2D eigenvalue weighted by Crippen LogP contribution is -2.43. The van der Waals surface area contributed by atoms with Crippen LogP contribution < -0.4 is 11.3 Å². The van der Waals surface area contributed by atoms with Gasteiger partial charge >= 0.3 is 0 Å². The van der Waals surface area contributed by atoms with Crippen LogP contribution in [0.25, 0.3) is 0 Å². The normalized spacial score (nSPS) is 8.78. The van der Waals surface area contributed by atoms with Crippen molar-refractivity contribution in [3.8, 4) is 0 Å². The first-order chi connectivity index (χ1) is 2.94. The Morgan fingerprint density at radius 2 is 1.67 bits per heavy atom. The molecule has 0 saturated heterocycles. The molecule has 0 spiro atoms. The van der Waals surface area contributed by atoms with Gasteiger partial charge in [0.1, 0.15) is 0 Å². The Morgan fingerprint density at radius 1 is 1.56 bits per heavy atom. The lowest BCUT2D eigenvalue weighted by Gasteiger charge is -2.16. The summed E-state index contributed by atoms with van der Waals surface area (Å²) in [6.45, 7) is 2.31. The quantitative estimate of drug-likeness (QED) is 0.438. The van der Waals surface area contributed by atoms with E-state index in [-0.39, 0.29) is 11.6 Å². The van der Waals surface area contributed by atoms with Gasteiger partial charge in [0.15, 0.2) is 0 Å². The molecular formula is C4H13NO4. The van der Waals surface area contributed by atoms with Crippen molar-refractivity contribution in [1.82, 2.24) is 6.15 Å². The van der Waals surface area contributed by atoms with Gasteiger partial charge in [0.2, 0.25) is 0 Å². The molecule has 5 heteroatoms. The lowest BCUT2D eigenvalue weighted by atomic mass is 10.1. The molecule has 0 unspecified atom stereocenters. The highest BCUT2D eigenvalue weighted by molar-refractivity contribution is 5.73. The van der Waals surface area contributed by atoms with E-state index >= 15 is 0 Å². The van der Waals surface area contributed by atoms with E-state index < -0.39 is 11.6 Å². The first-order valence-corrected chi connectivity index (χ1v) is 1.88. The molecule has 0 heterocycles. The summed E-state index contributed by atoms with van der Waals surface area (Å²) in [4.78, 5) is 9.66. The van der Waals surface area contributed by atoms with E-state index in [9.17, 15) is 9.90 Å². The third kappa shape index (κ3) is 7.35. The molecular weight excluding hydrogens is 126 g/mol. The van der Waals surface area contributed by atoms with Crippen LogP contribution in [-0.2, 0) is 4.79 Å². The van der Waals surface area contributed by atoms with E-state index in [1.165, 1.54) is 0 Å². The second kappa shape index (κ2) is 4.25. The van der Waals surface area contributed by atoms with E-state index in [1.807, 2.05) is 0 Å². The summed E-state index contributed by atoms with van der Waals surface area (Å²) in [6.07, 6.45) is 0. The van der Waals surface area contributed by atoms with Crippen molar-refractivity contribution in [3.63, 3.8) is 0 Å². The van der Waals surface area contributed by atoms with Crippen LogP contribution in [0.1, 0.15) is 13.8 Å². The maximum absolute atomic E-state index is 9.66. The minimum absolute atomic E-state index is 0. The fourth-order valence-corrected chi connectivity index (χ4v) is 0. The van der Waals surface area contributed by atoms with Crippen molar-refractivity contribution in [1.29, 1.82) is 0 Å². The summed E-state index contributed by atoms with van der Waals surface area (Å²) < 4.78 is 0. The zero-order chi connectivity index (χ0) is 6.08. The molecule has 0 bridgehead atoms. The Kier molecular flexibility index (Phi) is 7.44. The molecule has 7 N–H and O–H groups in total. The largest absolute Gasteiger partial charge is 0.547 e. The third-order valence-corrected chi connectivity index (χ3v) is 0.500. The molecule has 0 amide bonds. The minimum Gasteiger partial charge on any atom is -0.547 e. The zero-order valence-electron chi connectivity index (χ0n) is 5.76. The molecule has 0 aromatic heterocycles. The molecule has 0 aromatic rings. The summed E-state index contributed by atoms with van der Waals surface area (Å²) in [7, 11) is 0. The first-order valence-electron chi connectivity index (χ1n) is 1.88. The van der Waals surface area contributed by atoms with Crippen LogP contribution >= 0.6 is 0 Å². The summed E-state index contributed by atoms with van der Waals surface area (Å²) >= 11 is 0. The average molecular weight is 139 g/mol. The number of quaternary nitrogens is 1. The third-order valence-electron chi connectivity index (χ3n) is 0.500. The minimum atomic E-state index is -1.69. The van der Waals surface area contributed by atoms with Gasteiger partial charge in [0.05, 0.1) is 11.6 Å². The second-order valence-electron chi connectivity index (χ2n) is 1.85. The van der Waals surface area contributed by atoms with Crippen LogP contribution in [0.4, 0.5) is 0 Å². The van der Waals surface area contributed by atoms with Gasteiger partial charge in [-0.25, -0.2) is 0 Å². The molecule has 0 saturated carbocycles. The zero-order valence-corrected chi connectivity index (χ0v) is 5.76. The van der Waals surface area contributed by atoms with E-state index in [4.69, 9.17) is 5.11 Å². The smallest absolute Gasteiger partial charge is 0.0983 e. The molecule has 9 heavy (non-hydrogen) atoms. The predicted molar refractivity (Wildman–Crippen MR) is 30.9 cm³/mol. The maximum atomic E-state index is 9.66. The van der Waals surface area contributed by atoms with Crippen LogP contribution in [0.2, 0.25) is 0 Å². The van der Waals surface area contributed by atoms with Crippen molar-refractivity contribution in [2.45, 2.75) is 19.4 Å². The van der Waals surface area contributed by atoms with Crippen molar-refractivity contribution < 1.29 is 20.5 Å². The molecule has 0 aliphatic heterocycles. The van der Waals surface area contributed by atoms with Gasteiger partial charge in [0, 0.05) is 0 Å². The lowest BCUT2D eigenvalue weighted by molar-refractivity contribution is -0.322. The van der Waals surface area contributed by atoms with Gasteiger partial charge in [-0.15, -0.1) is 0 Å². The van der Waals surface area contributed by atoms with Crippen molar-refractivity contribution >= 4 is 5.97 Å². The van der Waals surface area contributed by atoms with E-state index in [0.29, 0.717) is 0 Å². The standard InChI is InChI=1S/C4H8O3.H3N.H2O/c1-4(2,7)3(5)6;;/h7H,1-2H3,(H,5,6);1H3;1H2. The van der Waals surface area contributed by atoms with Gasteiger partial charge in [-0.1, -0.05) is 0 Å². The molecule has 0 rings (SSSR count). The molecule has 0 aliphatic rings. The Morgan fingerprint density at radius 3 is 1.67 bits per heavy atom. The molecule has 0 radical (unpaired) electrons. The van der Waals surface area contributed by atoms with E-state index in [0.717, 1.165) is 13.8 Å². The number of aliphatic hydroxyl groups is 1. The highest BCUT2D eigenvalue weighted by atomic mass is 16.4. The van der Waals surface area contributed by atoms with Gasteiger partial charge < -0.3 is 26.6 Å². The average Bonchev–Trinajstić information content (AvgIpc) is 1.31. The number of hydrogen-bond acceptors (Lipinski definition) is 3. The van der Waals surface area contributed by atoms with Crippen LogP contribution in [0.15, 0.2) is 0 Å². The molecule has 0 fully saturated rings. The molecule has 0 aliphatic carbocycles. The fraction of sp³-hybridized carbons (Fsp3) is 0.750. The van der Waals surface area contributed by atoms with Gasteiger partial charge in [0.25, 0.3) is 0 Å². The van der Waals surface area contributed by atoms with Crippen molar-refractivity contribution in [3.05, 3.63) is 0 Å². The predicted octanol–water partition coefficient (Wildman–Crippen LogP) is -1.94. The Bertz CT molecular complexity index is 85.1. The fourth-order valence-electron chi connectivity index (χ4n) is 0. The highest BCUT2D eigenvalue weighted by Crippen LogP contribution is 1.95. The summed E-state index contributed by atoms with van der Waals surface area (Å²) in [5.74, 6) is -1.45. The van der Waals surface area contributed by atoms with Gasteiger partial charge in [-0.3, -0.25) is 0 Å². The first kappa shape index (κ1) is 15.8. The SMILES string of the molecule is CC(C)(O)C(=O)[O-].O.[NH4+]. The number of carbonyl (C=O) groups excluding carboxylic acids is 1. The number of rotatable bonds is 1. The Balaban J connectivity index is -0.000000180. The number of carboxylic acid groups (broad SMARTS) is 1. The van der Waals surface area contributed by atoms with E-state index in [2.05, 4.69) is 0 Å². The maximum Gasteiger partial charge on any atom is 0.0983 e. The molecule has 0 aromatic carbocycles.